The largest absolute Gasteiger partial charge is 0.459 e. The highest BCUT2D eigenvalue weighted by Crippen LogP contribution is 2.16. The van der Waals surface area contributed by atoms with Crippen LogP contribution >= 0.6 is 0 Å². The van der Waals surface area contributed by atoms with Crippen molar-refractivity contribution in [2.24, 2.45) is 5.92 Å². The number of rotatable bonds is 3. The Morgan fingerprint density at radius 3 is 2.50 bits per heavy atom. The monoisotopic (exact) mass is 227 g/mol. The lowest BCUT2D eigenvalue weighted by molar-refractivity contribution is -0.160. The lowest BCUT2D eigenvalue weighted by Crippen LogP contribution is -2.42. The summed E-state index contributed by atoms with van der Waals surface area (Å²) in [5.74, 6) is -0.508. The third-order valence-corrected chi connectivity index (χ3v) is 2.98. The van der Waals surface area contributed by atoms with E-state index < -0.39 is 11.9 Å². The topological polar surface area (TPSA) is 46.6 Å². The number of hydrogen-bond donors (Lipinski definition) is 0. The van der Waals surface area contributed by atoms with Gasteiger partial charge in [0.05, 0.1) is 6.61 Å². The van der Waals surface area contributed by atoms with Crippen LogP contribution < -0.4 is 0 Å². The second-order valence-electron chi connectivity index (χ2n) is 4.46. The first-order valence-electron chi connectivity index (χ1n) is 6.11. The summed E-state index contributed by atoms with van der Waals surface area (Å²) in [4.78, 5) is 24.6. The summed E-state index contributed by atoms with van der Waals surface area (Å²) in [5.41, 5.74) is 0. The Kier molecular flexibility index (Phi) is 5.29. The minimum atomic E-state index is -0.692. The molecule has 0 aromatic heterocycles. The van der Waals surface area contributed by atoms with Gasteiger partial charge in [0.2, 0.25) is 0 Å². The third-order valence-electron chi connectivity index (χ3n) is 2.98. The quantitative estimate of drug-likeness (QED) is 0.418. The Morgan fingerprint density at radius 1 is 1.31 bits per heavy atom. The number of esters is 1. The number of likely N-dealkylation sites (tertiary alicyclic amines) is 1. The second-order valence-corrected chi connectivity index (χ2v) is 4.46. The van der Waals surface area contributed by atoms with Crippen molar-refractivity contribution in [1.29, 1.82) is 0 Å². The second kappa shape index (κ2) is 6.51. The molecule has 1 fully saturated rings. The molecule has 4 nitrogen and oxygen atoms in total. The van der Waals surface area contributed by atoms with Crippen LogP contribution in [0.25, 0.3) is 0 Å². The van der Waals surface area contributed by atoms with Crippen molar-refractivity contribution in [2.75, 3.05) is 19.7 Å². The average molecular weight is 227 g/mol. The Bertz CT molecular complexity index is 245. The summed E-state index contributed by atoms with van der Waals surface area (Å²) in [5, 5.41) is 0. The van der Waals surface area contributed by atoms with Crippen molar-refractivity contribution in [2.45, 2.75) is 39.5 Å². The Labute approximate surface area is 96.9 Å². The molecular weight excluding hydrogens is 206 g/mol. The van der Waals surface area contributed by atoms with Gasteiger partial charge < -0.3 is 9.64 Å². The maximum absolute atomic E-state index is 11.7. The number of carbonyl (C=O) groups is 2. The SMILES string of the molecule is CCCCOC(=O)C(=O)N1CCC(C)CC1. The van der Waals surface area contributed by atoms with Gasteiger partial charge in [-0.1, -0.05) is 20.3 Å². The van der Waals surface area contributed by atoms with Gasteiger partial charge in [0.15, 0.2) is 0 Å². The Hall–Kier alpha value is -1.06. The molecule has 1 amide bonds. The van der Waals surface area contributed by atoms with E-state index in [0.29, 0.717) is 25.6 Å². The van der Waals surface area contributed by atoms with Crippen LogP contribution in [0.1, 0.15) is 39.5 Å². The molecule has 16 heavy (non-hydrogen) atoms. The summed E-state index contributed by atoms with van der Waals surface area (Å²) in [6.07, 6.45) is 3.74. The van der Waals surface area contributed by atoms with E-state index in [1.807, 2.05) is 6.92 Å². The van der Waals surface area contributed by atoms with Gasteiger partial charge in [0.25, 0.3) is 0 Å². The highest BCUT2D eigenvalue weighted by molar-refractivity contribution is 6.32. The van der Waals surface area contributed by atoms with Crippen molar-refractivity contribution in [3.05, 3.63) is 0 Å². The summed E-state index contributed by atoms with van der Waals surface area (Å²) >= 11 is 0. The predicted octanol–water partition coefficient (Wildman–Crippen LogP) is 1.59. The molecule has 0 spiro atoms. The van der Waals surface area contributed by atoms with Crippen molar-refractivity contribution >= 4 is 11.9 Å². The van der Waals surface area contributed by atoms with E-state index >= 15 is 0 Å². The molecule has 0 bridgehead atoms. The molecule has 1 rings (SSSR count). The van der Waals surface area contributed by atoms with Crippen molar-refractivity contribution < 1.29 is 14.3 Å². The number of carbonyl (C=O) groups excluding carboxylic acids is 2. The summed E-state index contributed by atoms with van der Waals surface area (Å²) < 4.78 is 4.89. The number of hydrogen-bond acceptors (Lipinski definition) is 3. The molecule has 0 atom stereocenters. The van der Waals surface area contributed by atoms with Gasteiger partial charge in [-0.3, -0.25) is 4.79 Å². The molecule has 0 aliphatic carbocycles. The van der Waals surface area contributed by atoms with Gasteiger partial charge in [0.1, 0.15) is 0 Å². The minimum absolute atomic E-state index is 0.352. The lowest BCUT2D eigenvalue weighted by atomic mass is 9.99. The van der Waals surface area contributed by atoms with Gasteiger partial charge in [0, 0.05) is 13.1 Å². The normalized spacial score (nSPS) is 17.2. The van der Waals surface area contributed by atoms with E-state index in [0.717, 1.165) is 25.7 Å². The maximum Gasteiger partial charge on any atom is 0.397 e. The molecule has 1 aliphatic rings. The zero-order valence-electron chi connectivity index (χ0n) is 10.2. The highest BCUT2D eigenvalue weighted by atomic mass is 16.5. The molecule has 0 unspecified atom stereocenters. The van der Waals surface area contributed by atoms with E-state index in [1.54, 1.807) is 4.90 Å². The first-order valence-corrected chi connectivity index (χ1v) is 6.11. The first-order chi connectivity index (χ1) is 7.65. The van der Waals surface area contributed by atoms with Crippen molar-refractivity contribution in [3.63, 3.8) is 0 Å². The van der Waals surface area contributed by atoms with Gasteiger partial charge in [-0.2, -0.15) is 0 Å². The van der Waals surface area contributed by atoms with Gasteiger partial charge >= 0.3 is 11.9 Å². The fourth-order valence-corrected chi connectivity index (χ4v) is 1.71. The maximum atomic E-state index is 11.7. The van der Waals surface area contributed by atoms with E-state index in [-0.39, 0.29) is 0 Å². The summed E-state index contributed by atoms with van der Waals surface area (Å²) in [7, 11) is 0. The number of piperidine rings is 1. The fourth-order valence-electron chi connectivity index (χ4n) is 1.71. The molecule has 92 valence electrons. The van der Waals surface area contributed by atoms with E-state index in [4.69, 9.17) is 4.74 Å². The van der Waals surface area contributed by atoms with Crippen LogP contribution in [0.4, 0.5) is 0 Å². The summed E-state index contributed by atoms with van der Waals surface area (Å²) in [6.45, 7) is 5.90. The minimum Gasteiger partial charge on any atom is -0.459 e. The first kappa shape index (κ1) is 13.0. The molecule has 0 radical (unpaired) electrons. The van der Waals surface area contributed by atoms with Crippen LogP contribution in [0.5, 0.6) is 0 Å². The molecule has 0 aromatic rings. The highest BCUT2D eigenvalue weighted by Gasteiger charge is 2.26. The average Bonchev–Trinajstić information content (AvgIpc) is 2.29. The molecule has 4 heteroatoms. The van der Waals surface area contributed by atoms with Gasteiger partial charge in [-0.15, -0.1) is 0 Å². The standard InChI is InChI=1S/C12H21NO3/c1-3-4-9-16-12(15)11(14)13-7-5-10(2)6-8-13/h10H,3-9H2,1-2H3. The van der Waals surface area contributed by atoms with Crippen molar-refractivity contribution in [3.8, 4) is 0 Å². The van der Waals surface area contributed by atoms with Crippen LogP contribution in [0, 0.1) is 5.92 Å². The van der Waals surface area contributed by atoms with E-state index in [2.05, 4.69) is 6.92 Å². The van der Waals surface area contributed by atoms with Crippen LogP contribution in [0.15, 0.2) is 0 Å². The predicted molar refractivity (Wildman–Crippen MR) is 60.8 cm³/mol. The van der Waals surface area contributed by atoms with Crippen LogP contribution in [0.3, 0.4) is 0 Å². The number of ether oxygens (including phenoxy) is 1. The molecule has 1 heterocycles. The fraction of sp³-hybridized carbons (Fsp3) is 0.833. The molecule has 1 aliphatic heterocycles. The van der Waals surface area contributed by atoms with Crippen molar-refractivity contribution in [1.82, 2.24) is 4.90 Å². The molecule has 1 saturated heterocycles. The lowest BCUT2D eigenvalue weighted by Gasteiger charge is -2.29. The zero-order chi connectivity index (χ0) is 12.0. The smallest absolute Gasteiger partial charge is 0.397 e. The zero-order valence-corrected chi connectivity index (χ0v) is 10.2. The van der Waals surface area contributed by atoms with Gasteiger partial charge in [-0.05, 0) is 25.2 Å². The molecule has 0 saturated carbocycles. The Balaban J connectivity index is 2.30. The van der Waals surface area contributed by atoms with Crippen LogP contribution in [-0.4, -0.2) is 36.5 Å². The number of amides is 1. The van der Waals surface area contributed by atoms with Crippen LogP contribution in [0.2, 0.25) is 0 Å². The number of nitrogens with zero attached hydrogens (tertiary/aromatic N) is 1. The van der Waals surface area contributed by atoms with Crippen LogP contribution in [-0.2, 0) is 14.3 Å². The van der Waals surface area contributed by atoms with E-state index in [1.165, 1.54) is 0 Å². The molecule has 0 aromatic carbocycles. The van der Waals surface area contributed by atoms with E-state index in [9.17, 15) is 9.59 Å². The Morgan fingerprint density at radius 2 is 1.94 bits per heavy atom. The molecule has 0 N–H and O–H groups in total. The van der Waals surface area contributed by atoms with Gasteiger partial charge in [-0.25, -0.2) is 4.79 Å². The number of unbranched alkanes of at least 4 members (excludes halogenated alkanes) is 1. The summed E-state index contributed by atoms with van der Waals surface area (Å²) in [6, 6.07) is 0. The third kappa shape index (κ3) is 3.83. The molecular formula is C12H21NO3.